The van der Waals surface area contributed by atoms with E-state index in [1.807, 2.05) is 83.8 Å². The summed E-state index contributed by atoms with van der Waals surface area (Å²) < 4.78 is 28.7. The number of halogens is 4. The Balaban J connectivity index is 1.31. The van der Waals surface area contributed by atoms with Crippen LogP contribution in [0.3, 0.4) is 0 Å². The molecular weight excluding hydrogens is 605 g/mol. The molecule has 0 aromatic heterocycles. The summed E-state index contributed by atoms with van der Waals surface area (Å²) in [7, 11) is 0. The summed E-state index contributed by atoms with van der Waals surface area (Å²) in [6, 6.07) is 28.0. The van der Waals surface area contributed by atoms with Gasteiger partial charge in [0, 0.05) is 54.3 Å². The van der Waals surface area contributed by atoms with Crippen LogP contribution in [0, 0.1) is 11.6 Å². The van der Waals surface area contributed by atoms with Crippen LogP contribution in [0.15, 0.2) is 97.1 Å². The van der Waals surface area contributed by atoms with Gasteiger partial charge in [-0.2, -0.15) is 0 Å². The zero-order valence-electron chi connectivity index (χ0n) is 23.8. The first-order chi connectivity index (χ1) is 21.3. The standard InChI is InChI=1S/C34H32Cl2F2N4O2/c35-26-10-6-24(7-11-26)34(25-8-12-27(36)13-9-25)41-20-31(21-41)42(30-18-28(37)17-29(38)19-30)15-14-33(44)40-32(39-22-43)16-23-4-2-1-3-5-23/h1-13,17-19,22,31-32,34H,14-16,20-21H2,(H,39,43)(H,40,44). The largest absolute Gasteiger partial charge is 0.365 e. The van der Waals surface area contributed by atoms with Crippen LogP contribution in [-0.4, -0.2) is 49.1 Å². The van der Waals surface area contributed by atoms with Gasteiger partial charge in [-0.25, -0.2) is 8.78 Å². The first-order valence-corrected chi connectivity index (χ1v) is 15.1. The molecule has 2 amide bonds. The van der Waals surface area contributed by atoms with Crippen molar-refractivity contribution >= 4 is 41.2 Å². The average molecular weight is 638 g/mol. The Morgan fingerprint density at radius 2 is 1.45 bits per heavy atom. The maximum Gasteiger partial charge on any atom is 0.223 e. The minimum atomic E-state index is -0.691. The van der Waals surface area contributed by atoms with Gasteiger partial charge in [-0.05, 0) is 53.1 Å². The van der Waals surface area contributed by atoms with E-state index < -0.39 is 17.8 Å². The summed E-state index contributed by atoms with van der Waals surface area (Å²) in [6.07, 6.45) is 0.425. The van der Waals surface area contributed by atoms with Crippen molar-refractivity contribution in [2.75, 3.05) is 24.5 Å². The molecular formula is C34H32Cl2F2N4O2. The van der Waals surface area contributed by atoms with Gasteiger partial charge in [0.05, 0.1) is 12.1 Å². The molecule has 228 valence electrons. The highest BCUT2D eigenvalue weighted by Gasteiger charge is 2.38. The van der Waals surface area contributed by atoms with Gasteiger partial charge in [-0.1, -0.05) is 77.8 Å². The van der Waals surface area contributed by atoms with Crippen LogP contribution >= 0.6 is 23.2 Å². The van der Waals surface area contributed by atoms with Gasteiger partial charge in [0.1, 0.15) is 17.8 Å². The Morgan fingerprint density at radius 3 is 2.00 bits per heavy atom. The summed E-state index contributed by atoms with van der Waals surface area (Å²) in [6.45, 7) is 1.39. The molecule has 4 aromatic rings. The van der Waals surface area contributed by atoms with Crippen molar-refractivity contribution in [1.29, 1.82) is 0 Å². The number of carbonyl (C=O) groups is 2. The summed E-state index contributed by atoms with van der Waals surface area (Å²) in [5, 5.41) is 6.78. The predicted molar refractivity (Wildman–Crippen MR) is 170 cm³/mol. The third-order valence-corrected chi connectivity index (χ3v) is 8.22. The van der Waals surface area contributed by atoms with E-state index in [9.17, 15) is 18.4 Å². The third-order valence-electron chi connectivity index (χ3n) is 7.71. The van der Waals surface area contributed by atoms with E-state index in [2.05, 4.69) is 15.5 Å². The molecule has 1 saturated heterocycles. The van der Waals surface area contributed by atoms with Crippen LogP contribution in [0.25, 0.3) is 0 Å². The molecule has 44 heavy (non-hydrogen) atoms. The summed E-state index contributed by atoms with van der Waals surface area (Å²) >= 11 is 12.3. The molecule has 1 unspecified atom stereocenters. The van der Waals surface area contributed by atoms with Gasteiger partial charge in [0.25, 0.3) is 0 Å². The number of rotatable bonds is 13. The molecule has 1 aliphatic heterocycles. The van der Waals surface area contributed by atoms with Crippen molar-refractivity contribution in [3.05, 3.63) is 135 Å². The Morgan fingerprint density at radius 1 is 0.886 bits per heavy atom. The van der Waals surface area contributed by atoms with Crippen molar-refractivity contribution in [1.82, 2.24) is 15.5 Å². The lowest BCUT2D eigenvalue weighted by atomic mass is 9.92. The van der Waals surface area contributed by atoms with Crippen molar-refractivity contribution in [3.8, 4) is 0 Å². The molecule has 0 saturated carbocycles. The number of nitrogens with zero attached hydrogens (tertiary/aromatic N) is 2. The van der Waals surface area contributed by atoms with Gasteiger partial charge in [0.15, 0.2) is 0 Å². The summed E-state index contributed by atoms with van der Waals surface area (Å²) in [5.41, 5.74) is 3.41. The van der Waals surface area contributed by atoms with Gasteiger partial charge in [-0.3, -0.25) is 14.5 Å². The van der Waals surface area contributed by atoms with Crippen LogP contribution in [-0.2, 0) is 16.0 Å². The quantitative estimate of drug-likeness (QED) is 0.132. The zero-order valence-corrected chi connectivity index (χ0v) is 25.3. The number of amides is 2. The Hall–Kier alpha value is -3.98. The number of carbonyl (C=O) groups excluding carboxylic acids is 2. The molecule has 2 N–H and O–H groups in total. The molecule has 1 heterocycles. The monoisotopic (exact) mass is 636 g/mol. The van der Waals surface area contributed by atoms with Crippen LogP contribution in [0.4, 0.5) is 14.5 Å². The van der Waals surface area contributed by atoms with Gasteiger partial charge in [0.2, 0.25) is 12.3 Å². The molecule has 0 bridgehead atoms. The van der Waals surface area contributed by atoms with Crippen LogP contribution in [0.5, 0.6) is 0 Å². The van der Waals surface area contributed by atoms with E-state index in [-0.39, 0.29) is 31.0 Å². The lowest BCUT2D eigenvalue weighted by Gasteiger charge is -2.50. The molecule has 1 fully saturated rings. The highest BCUT2D eigenvalue weighted by Crippen LogP contribution is 2.36. The summed E-state index contributed by atoms with van der Waals surface area (Å²) in [5.74, 6) is -1.67. The smallest absolute Gasteiger partial charge is 0.223 e. The van der Waals surface area contributed by atoms with Crippen LogP contribution in [0.1, 0.15) is 29.2 Å². The van der Waals surface area contributed by atoms with Gasteiger partial charge >= 0.3 is 0 Å². The van der Waals surface area contributed by atoms with Gasteiger partial charge in [-0.15, -0.1) is 0 Å². The van der Waals surface area contributed by atoms with E-state index in [0.29, 0.717) is 41.7 Å². The molecule has 1 aliphatic rings. The van der Waals surface area contributed by atoms with Gasteiger partial charge < -0.3 is 15.5 Å². The lowest BCUT2D eigenvalue weighted by Crippen LogP contribution is -2.61. The number of likely N-dealkylation sites (tertiary alicyclic amines) is 1. The Labute approximate surface area is 265 Å². The SMILES string of the molecule is O=CNC(Cc1ccccc1)NC(=O)CCN(c1cc(F)cc(F)c1)C1CN(C(c2ccc(Cl)cc2)c2ccc(Cl)cc2)C1. The minimum Gasteiger partial charge on any atom is -0.365 e. The maximum atomic E-state index is 14.3. The summed E-state index contributed by atoms with van der Waals surface area (Å²) in [4.78, 5) is 28.4. The number of hydrogen-bond donors (Lipinski definition) is 2. The second-order valence-electron chi connectivity index (χ2n) is 10.8. The fourth-order valence-electron chi connectivity index (χ4n) is 5.60. The van der Waals surface area contributed by atoms with Crippen molar-refractivity contribution in [2.24, 2.45) is 0 Å². The van der Waals surface area contributed by atoms with E-state index in [1.165, 1.54) is 12.1 Å². The van der Waals surface area contributed by atoms with E-state index in [4.69, 9.17) is 23.2 Å². The molecule has 1 atom stereocenters. The second-order valence-corrected chi connectivity index (χ2v) is 11.7. The predicted octanol–water partition coefficient (Wildman–Crippen LogP) is 6.37. The highest BCUT2D eigenvalue weighted by molar-refractivity contribution is 6.30. The molecule has 0 spiro atoms. The molecule has 10 heteroatoms. The molecule has 6 nitrogen and oxygen atoms in total. The number of benzene rings is 4. The molecule has 0 radical (unpaired) electrons. The lowest BCUT2D eigenvalue weighted by molar-refractivity contribution is -0.122. The Bertz CT molecular complexity index is 1490. The molecule has 5 rings (SSSR count). The molecule has 0 aliphatic carbocycles. The zero-order chi connectivity index (χ0) is 31.1. The fourth-order valence-corrected chi connectivity index (χ4v) is 5.85. The van der Waals surface area contributed by atoms with Crippen molar-refractivity contribution in [2.45, 2.75) is 31.1 Å². The average Bonchev–Trinajstić information content (AvgIpc) is 2.97. The minimum absolute atomic E-state index is 0.0538. The number of hydrogen-bond acceptors (Lipinski definition) is 4. The topological polar surface area (TPSA) is 64.7 Å². The Kier molecular flexibility index (Phi) is 10.5. The normalized spacial score (nSPS) is 14.1. The number of anilines is 1. The van der Waals surface area contributed by atoms with Crippen molar-refractivity contribution < 1.29 is 18.4 Å². The van der Waals surface area contributed by atoms with Crippen molar-refractivity contribution in [3.63, 3.8) is 0 Å². The maximum absolute atomic E-state index is 14.3. The first-order valence-electron chi connectivity index (χ1n) is 14.3. The number of nitrogens with one attached hydrogen (secondary N) is 2. The van der Waals surface area contributed by atoms with Crippen LogP contribution < -0.4 is 15.5 Å². The first kappa shape index (κ1) is 31.4. The van der Waals surface area contributed by atoms with Crippen LogP contribution in [0.2, 0.25) is 10.0 Å². The van der Waals surface area contributed by atoms with E-state index in [1.54, 1.807) is 0 Å². The van der Waals surface area contributed by atoms with E-state index in [0.717, 1.165) is 22.8 Å². The molecule has 4 aromatic carbocycles. The van der Waals surface area contributed by atoms with E-state index >= 15 is 0 Å². The fraction of sp³-hybridized carbons (Fsp3) is 0.235. The third kappa shape index (κ3) is 8.14. The highest BCUT2D eigenvalue weighted by atomic mass is 35.5. The second kappa shape index (κ2) is 14.7.